The molecule has 2 aliphatic rings. The summed E-state index contributed by atoms with van der Waals surface area (Å²) in [5, 5.41) is 3.52. The van der Waals surface area contributed by atoms with Gasteiger partial charge in [-0.2, -0.15) is 4.98 Å². The molecule has 2 aromatic rings. The highest BCUT2D eigenvalue weighted by Crippen LogP contribution is 2.39. The number of likely N-dealkylation sites (tertiary alicyclic amines) is 1. The molecule has 2 fully saturated rings. The monoisotopic (exact) mass is 412 g/mol. The van der Waals surface area contributed by atoms with E-state index in [4.69, 9.17) is 14.2 Å². The third-order valence-corrected chi connectivity index (χ3v) is 6.17. The number of carbonyl (C=O) groups is 1. The van der Waals surface area contributed by atoms with Crippen LogP contribution in [0.15, 0.2) is 36.5 Å². The molecule has 160 valence electrons. The van der Waals surface area contributed by atoms with Gasteiger partial charge < -0.3 is 24.4 Å². The molecule has 3 heterocycles. The standard InChI is InChI=1S/C22H28N4O4/c1-28-18-11-15-13-26(22(27)16-7-8-20(29-2)25-21(16)30-3)12-14(15)10-17(18)24-19-6-4-5-9-23-19/h4-9,14-15,17-18H,10-13H2,1-3H3,(H,23,24)/t14-,15+,17-,18-/m1/s1. The Labute approximate surface area is 176 Å². The van der Waals surface area contributed by atoms with Gasteiger partial charge in [0.25, 0.3) is 5.91 Å². The lowest BCUT2D eigenvalue weighted by atomic mass is 9.77. The number of anilines is 1. The van der Waals surface area contributed by atoms with E-state index in [2.05, 4.69) is 15.3 Å². The van der Waals surface area contributed by atoms with Crippen LogP contribution in [0.3, 0.4) is 0 Å². The summed E-state index contributed by atoms with van der Waals surface area (Å²) in [6, 6.07) is 9.41. The number of carbonyl (C=O) groups excluding carboxylic acids is 1. The number of hydrogen-bond acceptors (Lipinski definition) is 7. The van der Waals surface area contributed by atoms with Crippen molar-refractivity contribution < 1.29 is 19.0 Å². The van der Waals surface area contributed by atoms with Gasteiger partial charge in [-0.3, -0.25) is 4.79 Å². The van der Waals surface area contributed by atoms with Crippen LogP contribution >= 0.6 is 0 Å². The fraction of sp³-hybridized carbons (Fsp3) is 0.500. The SMILES string of the molecule is COc1ccc(C(=O)N2C[C@H]3C[C@@H](Nc4ccccn4)[C@H](OC)C[C@H]3C2)c(OC)n1. The Morgan fingerprint density at radius 3 is 2.53 bits per heavy atom. The number of rotatable bonds is 6. The second-order valence-electron chi connectivity index (χ2n) is 7.85. The first-order valence-electron chi connectivity index (χ1n) is 10.2. The maximum Gasteiger partial charge on any atom is 0.259 e. The topological polar surface area (TPSA) is 85.8 Å². The summed E-state index contributed by atoms with van der Waals surface area (Å²) < 4.78 is 16.3. The molecule has 0 spiro atoms. The zero-order valence-corrected chi connectivity index (χ0v) is 17.6. The normalized spacial score (nSPS) is 25.5. The number of nitrogens with one attached hydrogen (secondary N) is 1. The minimum atomic E-state index is -0.0559. The maximum absolute atomic E-state index is 13.2. The molecule has 0 unspecified atom stereocenters. The number of methoxy groups -OCH3 is 3. The minimum absolute atomic E-state index is 0.0559. The molecular formula is C22H28N4O4. The lowest BCUT2D eigenvalue weighted by Crippen LogP contribution is -2.44. The highest BCUT2D eigenvalue weighted by atomic mass is 16.5. The average molecular weight is 412 g/mol. The second-order valence-corrected chi connectivity index (χ2v) is 7.85. The van der Waals surface area contributed by atoms with Gasteiger partial charge in [-0.15, -0.1) is 0 Å². The zero-order chi connectivity index (χ0) is 21.1. The van der Waals surface area contributed by atoms with Crippen molar-refractivity contribution in [1.82, 2.24) is 14.9 Å². The number of aromatic nitrogens is 2. The molecule has 4 rings (SSSR count). The number of fused-ring (bicyclic) bond motifs is 1. The molecule has 0 bridgehead atoms. The largest absolute Gasteiger partial charge is 0.481 e. The van der Waals surface area contributed by atoms with Crippen molar-refractivity contribution >= 4 is 11.7 Å². The molecule has 1 amide bonds. The molecule has 1 N–H and O–H groups in total. The molecule has 30 heavy (non-hydrogen) atoms. The van der Waals surface area contributed by atoms with E-state index in [1.807, 2.05) is 23.1 Å². The van der Waals surface area contributed by atoms with Crippen molar-refractivity contribution in [3.8, 4) is 11.8 Å². The Morgan fingerprint density at radius 1 is 1.07 bits per heavy atom. The first-order chi connectivity index (χ1) is 14.6. The van der Waals surface area contributed by atoms with E-state index in [1.165, 1.54) is 14.2 Å². The lowest BCUT2D eigenvalue weighted by Gasteiger charge is -2.37. The van der Waals surface area contributed by atoms with Crippen LogP contribution in [0.2, 0.25) is 0 Å². The highest BCUT2D eigenvalue weighted by Gasteiger charge is 2.44. The summed E-state index contributed by atoms with van der Waals surface area (Å²) in [6.07, 6.45) is 3.71. The van der Waals surface area contributed by atoms with Crippen LogP contribution < -0.4 is 14.8 Å². The van der Waals surface area contributed by atoms with E-state index < -0.39 is 0 Å². The Balaban J connectivity index is 1.47. The van der Waals surface area contributed by atoms with Gasteiger partial charge in [0.05, 0.1) is 26.4 Å². The zero-order valence-electron chi connectivity index (χ0n) is 17.6. The molecule has 1 aliphatic heterocycles. The van der Waals surface area contributed by atoms with Gasteiger partial charge in [-0.25, -0.2) is 4.98 Å². The van der Waals surface area contributed by atoms with Crippen molar-refractivity contribution in [2.45, 2.75) is 25.0 Å². The maximum atomic E-state index is 13.2. The van der Waals surface area contributed by atoms with E-state index in [-0.39, 0.29) is 18.1 Å². The van der Waals surface area contributed by atoms with Crippen molar-refractivity contribution in [3.63, 3.8) is 0 Å². The lowest BCUT2D eigenvalue weighted by molar-refractivity contribution is 0.0304. The Kier molecular flexibility index (Phi) is 6.03. The van der Waals surface area contributed by atoms with Gasteiger partial charge in [0.1, 0.15) is 11.4 Å². The first-order valence-corrected chi connectivity index (χ1v) is 10.2. The van der Waals surface area contributed by atoms with Crippen LogP contribution in [-0.2, 0) is 4.74 Å². The van der Waals surface area contributed by atoms with E-state index in [0.29, 0.717) is 29.2 Å². The van der Waals surface area contributed by atoms with E-state index in [0.717, 1.165) is 31.7 Å². The van der Waals surface area contributed by atoms with Gasteiger partial charge in [-0.05, 0) is 42.9 Å². The number of hydrogen-bond donors (Lipinski definition) is 1. The van der Waals surface area contributed by atoms with Crippen LogP contribution in [0, 0.1) is 11.8 Å². The number of amides is 1. The van der Waals surface area contributed by atoms with Gasteiger partial charge in [-0.1, -0.05) is 6.07 Å². The predicted molar refractivity (Wildman–Crippen MR) is 112 cm³/mol. The van der Waals surface area contributed by atoms with Crippen LogP contribution in [0.5, 0.6) is 11.8 Å². The summed E-state index contributed by atoms with van der Waals surface area (Å²) in [4.78, 5) is 23.7. The van der Waals surface area contributed by atoms with Crippen LogP contribution in [0.1, 0.15) is 23.2 Å². The van der Waals surface area contributed by atoms with Gasteiger partial charge in [0, 0.05) is 32.5 Å². The first kappa shape index (κ1) is 20.4. The van der Waals surface area contributed by atoms with E-state index in [1.54, 1.807) is 25.4 Å². The van der Waals surface area contributed by atoms with E-state index in [9.17, 15) is 4.79 Å². The quantitative estimate of drug-likeness (QED) is 0.780. The van der Waals surface area contributed by atoms with Gasteiger partial charge >= 0.3 is 0 Å². The number of ether oxygens (including phenoxy) is 3. The fourth-order valence-corrected chi connectivity index (χ4v) is 4.66. The molecule has 1 saturated heterocycles. The molecule has 8 heteroatoms. The van der Waals surface area contributed by atoms with Crippen LogP contribution in [0.25, 0.3) is 0 Å². The number of pyridine rings is 2. The average Bonchev–Trinajstić information content (AvgIpc) is 3.21. The summed E-state index contributed by atoms with van der Waals surface area (Å²) in [7, 11) is 4.80. The van der Waals surface area contributed by atoms with Crippen molar-refractivity contribution in [3.05, 3.63) is 42.1 Å². The molecule has 2 aromatic heterocycles. The molecule has 0 radical (unpaired) electrons. The number of nitrogens with zero attached hydrogens (tertiary/aromatic N) is 3. The highest BCUT2D eigenvalue weighted by molar-refractivity contribution is 5.96. The van der Waals surface area contributed by atoms with Crippen molar-refractivity contribution in [2.75, 3.05) is 39.7 Å². The minimum Gasteiger partial charge on any atom is -0.481 e. The van der Waals surface area contributed by atoms with Gasteiger partial charge in [0.15, 0.2) is 0 Å². The second kappa shape index (κ2) is 8.87. The summed E-state index contributed by atoms with van der Waals surface area (Å²) in [5.74, 6) is 2.34. The Hall–Kier alpha value is -2.87. The summed E-state index contributed by atoms with van der Waals surface area (Å²) in [6.45, 7) is 1.43. The smallest absolute Gasteiger partial charge is 0.259 e. The Bertz CT molecular complexity index is 879. The van der Waals surface area contributed by atoms with Gasteiger partial charge in [0.2, 0.25) is 11.8 Å². The van der Waals surface area contributed by atoms with Crippen molar-refractivity contribution in [2.24, 2.45) is 11.8 Å². The van der Waals surface area contributed by atoms with Crippen LogP contribution in [-0.4, -0.2) is 67.3 Å². The predicted octanol–water partition coefficient (Wildman–Crippen LogP) is 2.47. The third kappa shape index (κ3) is 4.05. The molecule has 0 aromatic carbocycles. The summed E-state index contributed by atoms with van der Waals surface area (Å²) in [5.41, 5.74) is 0.461. The summed E-state index contributed by atoms with van der Waals surface area (Å²) >= 11 is 0. The molecular weight excluding hydrogens is 384 g/mol. The Morgan fingerprint density at radius 2 is 1.87 bits per heavy atom. The van der Waals surface area contributed by atoms with Crippen LogP contribution in [0.4, 0.5) is 5.82 Å². The molecule has 1 aliphatic carbocycles. The molecule has 4 atom stereocenters. The van der Waals surface area contributed by atoms with Crippen molar-refractivity contribution in [1.29, 1.82) is 0 Å². The third-order valence-electron chi connectivity index (χ3n) is 6.17. The fourth-order valence-electron chi connectivity index (χ4n) is 4.66. The van der Waals surface area contributed by atoms with E-state index >= 15 is 0 Å². The molecule has 8 nitrogen and oxygen atoms in total. The molecule has 1 saturated carbocycles.